The molecule has 0 fully saturated rings. The number of benzene rings is 1. The second-order valence-electron chi connectivity index (χ2n) is 5.40. The van der Waals surface area contributed by atoms with E-state index in [0.29, 0.717) is 20.5 Å². The zero-order valence-corrected chi connectivity index (χ0v) is 13.1. The van der Waals surface area contributed by atoms with E-state index in [2.05, 4.69) is 5.43 Å². The summed E-state index contributed by atoms with van der Waals surface area (Å²) in [6, 6.07) is 4.79. The summed E-state index contributed by atoms with van der Waals surface area (Å²) in [5.74, 6) is 4.43. The molecule has 3 N–H and O–H groups in total. The monoisotopic (exact) mass is 310 g/mol. The molecule has 4 nitrogen and oxygen atoms in total. The molecule has 0 atom stereocenters. The van der Waals surface area contributed by atoms with Crippen molar-refractivity contribution in [3.05, 3.63) is 34.5 Å². The van der Waals surface area contributed by atoms with Crippen molar-refractivity contribution in [2.75, 3.05) is 0 Å². The van der Waals surface area contributed by atoms with Crippen LogP contribution in [0.2, 0.25) is 0 Å². The Kier molecular flexibility index (Phi) is 4.61. The van der Waals surface area contributed by atoms with Crippen molar-refractivity contribution < 1.29 is 13.9 Å². The van der Waals surface area contributed by atoms with Crippen LogP contribution in [-0.4, -0.2) is 11.5 Å². The number of nitrogens with one attached hydrogen (secondary N) is 1. The van der Waals surface area contributed by atoms with Crippen LogP contribution in [0.4, 0.5) is 4.39 Å². The molecule has 0 bridgehead atoms. The van der Waals surface area contributed by atoms with E-state index in [-0.39, 0.29) is 18.0 Å². The van der Waals surface area contributed by atoms with E-state index in [1.807, 2.05) is 20.8 Å². The van der Waals surface area contributed by atoms with Gasteiger partial charge in [-0.05, 0) is 32.4 Å². The van der Waals surface area contributed by atoms with Crippen LogP contribution in [0, 0.1) is 5.82 Å². The summed E-state index contributed by atoms with van der Waals surface area (Å²) in [5.41, 5.74) is 2.32. The van der Waals surface area contributed by atoms with Gasteiger partial charge in [0.15, 0.2) is 0 Å². The molecule has 2 rings (SSSR count). The highest BCUT2D eigenvalue weighted by Gasteiger charge is 2.23. The number of halogens is 1. The van der Waals surface area contributed by atoms with Gasteiger partial charge in [-0.15, -0.1) is 11.3 Å². The van der Waals surface area contributed by atoms with E-state index in [1.165, 1.54) is 17.4 Å². The van der Waals surface area contributed by atoms with Crippen LogP contribution in [0.3, 0.4) is 0 Å². The molecular weight excluding hydrogens is 291 g/mol. The van der Waals surface area contributed by atoms with Crippen molar-refractivity contribution in [3.63, 3.8) is 0 Å². The topological polar surface area (TPSA) is 64.3 Å². The third-order valence-electron chi connectivity index (χ3n) is 3.56. The van der Waals surface area contributed by atoms with Crippen molar-refractivity contribution in [3.8, 4) is 0 Å². The number of nitrogen functional groups attached to an aromatic ring is 1. The number of amides is 1. The van der Waals surface area contributed by atoms with Crippen molar-refractivity contribution >= 4 is 27.3 Å². The first-order valence-corrected chi connectivity index (χ1v) is 7.56. The molecular formula is C15H19FN2O2S. The maximum Gasteiger partial charge on any atom is 0.275 e. The Labute approximate surface area is 127 Å². The Balaban J connectivity index is 2.50. The quantitative estimate of drug-likeness (QED) is 0.506. The van der Waals surface area contributed by atoms with Gasteiger partial charge in [0.05, 0.1) is 12.2 Å². The first-order valence-electron chi connectivity index (χ1n) is 6.74. The smallest absolute Gasteiger partial charge is 0.275 e. The second kappa shape index (κ2) is 6.09. The van der Waals surface area contributed by atoms with E-state index < -0.39 is 5.91 Å². The van der Waals surface area contributed by atoms with E-state index >= 15 is 0 Å². The molecule has 0 spiro atoms. The van der Waals surface area contributed by atoms with Crippen LogP contribution in [-0.2, 0) is 11.3 Å². The largest absolute Gasteiger partial charge is 0.371 e. The van der Waals surface area contributed by atoms with Gasteiger partial charge in [0.1, 0.15) is 10.7 Å². The highest BCUT2D eigenvalue weighted by molar-refractivity contribution is 7.21. The number of nitrogens with two attached hydrogens (primary N) is 1. The van der Waals surface area contributed by atoms with Crippen molar-refractivity contribution in [2.45, 2.75) is 39.4 Å². The normalized spacial score (nSPS) is 11.9. The van der Waals surface area contributed by atoms with Gasteiger partial charge in [0, 0.05) is 15.6 Å². The average Bonchev–Trinajstić information content (AvgIpc) is 2.84. The lowest BCUT2D eigenvalue weighted by Gasteiger charge is -2.23. The Bertz CT molecular complexity index is 667. The summed E-state index contributed by atoms with van der Waals surface area (Å²) < 4.78 is 20.7. The van der Waals surface area contributed by atoms with E-state index in [4.69, 9.17) is 10.6 Å². The fraction of sp³-hybridized carbons (Fsp3) is 0.400. The Hall–Kier alpha value is -1.50. The summed E-state index contributed by atoms with van der Waals surface area (Å²) in [4.78, 5) is 12.3. The fourth-order valence-corrected chi connectivity index (χ4v) is 3.05. The van der Waals surface area contributed by atoms with Crippen LogP contribution in [0.15, 0.2) is 18.2 Å². The first kappa shape index (κ1) is 15.9. The number of carbonyl (C=O) groups is 1. The van der Waals surface area contributed by atoms with Crippen LogP contribution in [0.1, 0.15) is 42.4 Å². The molecule has 114 valence electrons. The van der Waals surface area contributed by atoms with Gasteiger partial charge in [-0.25, -0.2) is 10.2 Å². The Morgan fingerprint density at radius 2 is 2.19 bits per heavy atom. The summed E-state index contributed by atoms with van der Waals surface area (Å²) in [6.07, 6.45) is 0.815. The molecule has 0 aliphatic carbocycles. The Morgan fingerprint density at radius 3 is 2.81 bits per heavy atom. The highest BCUT2D eigenvalue weighted by Crippen LogP contribution is 2.34. The molecule has 1 amide bonds. The third-order valence-corrected chi connectivity index (χ3v) is 4.76. The third kappa shape index (κ3) is 3.23. The minimum absolute atomic E-state index is 0.171. The molecule has 0 saturated heterocycles. The van der Waals surface area contributed by atoms with Crippen molar-refractivity contribution in [1.29, 1.82) is 0 Å². The lowest BCUT2D eigenvalue weighted by Crippen LogP contribution is -2.30. The summed E-state index contributed by atoms with van der Waals surface area (Å²) in [5, 5.41) is 0.438. The number of carbonyl (C=O) groups excluding carboxylic acids is 1. The fourth-order valence-electron chi connectivity index (χ4n) is 1.92. The van der Waals surface area contributed by atoms with E-state index in [1.54, 1.807) is 12.1 Å². The first-order chi connectivity index (χ1) is 9.89. The molecule has 1 aromatic heterocycles. The summed E-state index contributed by atoms with van der Waals surface area (Å²) in [6.45, 7) is 6.10. The minimum atomic E-state index is -0.427. The maximum atomic E-state index is 14.1. The van der Waals surface area contributed by atoms with Crippen molar-refractivity contribution in [2.24, 2.45) is 5.84 Å². The standard InChI is InChI=1S/C15H19FN2O2S/c1-4-15(2,3)20-8-9-12-10(16)6-5-7-11(12)21-13(9)14(19)18-17/h5-7H,4,8,17H2,1-3H3,(H,18,19). The predicted octanol–water partition coefficient (Wildman–Crippen LogP) is 3.35. The van der Waals surface area contributed by atoms with Gasteiger partial charge in [-0.3, -0.25) is 10.2 Å². The van der Waals surface area contributed by atoms with Gasteiger partial charge < -0.3 is 4.74 Å². The number of thiophene rings is 1. The number of fused-ring (bicyclic) bond motifs is 1. The lowest BCUT2D eigenvalue weighted by molar-refractivity contribution is -0.0312. The van der Waals surface area contributed by atoms with Gasteiger partial charge in [-0.2, -0.15) is 0 Å². The van der Waals surface area contributed by atoms with Gasteiger partial charge in [0.25, 0.3) is 5.91 Å². The van der Waals surface area contributed by atoms with Crippen LogP contribution in [0.5, 0.6) is 0 Å². The number of hydrogen-bond donors (Lipinski definition) is 2. The number of rotatable bonds is 5. The van der Waals surface area contributed by atoms with Gasteiger partial charge >= 0.3 is 0 Å². The van der Waals surface area contributed by atoms with E-state index in [0.717, 1.165) is 6.42 Å². The second-order valence-corrected chi connectivity index (χ2v) is 6.45. The molecule has 1 heterocycles. The molecule has 1 aromatic carbocycles. The molecule has 2 aromatic rings. The van der Waals surface area contributed by atoms with Crippen molar-refractivity contribution in [1.82, 2.24) is 5.43 Å². The number of ether oxygens (including phenoxy) is 1. The van der Waals surface area contributed by atoms with Crippen LogP contribution >= 0.6 is 11.3 Å². The number of hydrazine groups is 1. The molecule has 0 radical (unpaired) electrons. The predicted molar refractivity (Wildman–Crippen MR) is 82.6 cm³/mol. The minimum Gasteiger partial charge on any atom is -0.371 e. The van der Waals surface area contributed by atoms with Crippen LogP contribution < -0.4 is 11.3 Å². The van der Waals surface area contributed by atoms with Gasteiger partial charge in [-0.1, -0.05) is 13.0 Å². The summed E-state index contributed by atoms with van der Waals surface area (Å²) in [7, 11) is 0. The molecule has 21 heavy (non-hydrogen) atoms. The zero-order chi connectivity index (χ0) is 15.6. The molecule has 0 saturated carbocycles. The zero-order valence-electron chi connectivity index (χ0n) is 12.3. The number of hydrogen-bond acceptors (Lipinski definition) is 4. The SMILES string of the molecule is CCC(C)(C)OCc1c(C(=O)NN)sc2cccc(F)c12. The average molecular weight is 310 g/mol. The van der Waals surface area contributed by atoms with Gasteiger partial charge in [0.2, 0.25) is 0 Å². The molecule has 6 heteroatoms. The highest BCUT2D eigenvalue weighted by atomic mass is 32.1. The maximum absolute atomic E-state index is 14.1. The molecule has 0 aliphatic heterocycles. The molecule has 0 aliphatic rings. The van der Waals surface area contributed by atoms with E-state index in [9.17, 15) is 9.18 Å². The summed E-state index contributed by atoms with van der Waals surface area (Å²) >= 11 is 1.22. The lowest BCUT2D eigenvalue weighted by atomic mass is 10.1. The van der Waals surface area contributed by atoms with Crippen LogP contribution in [0.25, 0.3) is 10.1 Å². The Morgan fingerprint density at radius 1 is 1.48 bits per heavy atom. The molecule has 0 unspecified atom stereocenters.